The first-order valence-electron chi connectivity index (χ1n) is 7.57. The summed E-state index contributed by atoms with van der Waals surface area (Å²) in [5.74, 6) is -0.736. The van der Waals surface area contributed by atoms with Gasteiger partial charge in [-0.25, -0.2) is 4.98 Å². The van der Waals surface area contributed by atoms with Crippen LogP contribution in [0, 0.1) is 0 Å². The zero-order valence-corrected chi connectivity index (χ0v) is 16.8. The Hall–Kier alpha value is -0.683. The molecule has 25 heavy (non-hydrogen) atoms. The molecule has 0 aliphatic heterocycles. The van der Waals surface area contributed by atoms with Gasteiger partial charge in [0.25, 0.3) is 5.56 Å². The van der Waals surface area contributed by atoms with Crippen LogP contribution in [0.2, 0.25) is 0 Å². The first-order valence-corrected chi connectivity index (χ1v) is 9.59. The third-order valence-electron chi connectivity index (χ3n) is 3.35. The molecule has 8 nitrogen and oxygen atoms in total. The SMILES string of the molecule is CCOP(=O)(OCC)C(C(=O)OC)C(CC)n1ccc(=O)nc1[S-].[Li+]. The summed E-state index contributed by atoms with van der Waals surface area (Å²) in [6, 6.07) is 0.529. The van der Waals surface area contributed by atoms with E-state index in [2.05, 4.69) is 4.98 Å². The Morgan fingerprint density at radius 1 is 1.32 bits per heavy atom. The summed E-state index contributed by atoms with van der Waals surface area (Å²) < 4.78 is 30.1. The summed E-state index contributed by atoms with van der Waals surface area (Å²) in [5, 5.41) is -0.0113. The van der Waals surface area contributed by atoms with E-state index >= 15 is 0 Å². The van der Waals surface area contributed by atoms with Gasteiger partial charge in [-0.05, 0) is 25.4 Å². The van der Waals surface area contributed by atoms with Gasteiger partial charge < -0.3 is 31.0 Å². The Labute approximate surface area is 164 Å². The second-order valence-corrected chi connectivity index (χ2v) is 7.29. The standard InChI is InChI=1S/C14H23N2O6PS.Li/c1-5-10(16-9-8-11(17)15-14(16)24)12(13(18)20-4)23(19,21-6-2)22-7-3;/h8-10,12H,5-7H2,1-4H3,(H,15,17,24);/q;+1/p-1. The van der Waals surface area contributed by atoms with Crippen molar-refractivity contribution in [3.05, 3.63) is 22.6 Å². The Bertz CT molecular complexity index is 661. The van der Waals surface area contributed by atoms with E-state index in [1.54, 1.807) is 20.8 Å². The minimum Gasteiger partial charge on any atom is -0.742 e. The van der Waals surface area contributed by atoms with Gasteiger partial charge in [0.2, 0.25) is 0 Å². The molecule has 0 spiro atoms. The van der Waals surface area contributed by atoms with Crippen LogP contribution in [-0.2, 0) is 35.8 Å². The maximum absolute atomic E-state index is 13.2. The van der Waals surface area contributed by atoms with Crippen LogP contribution in [0.1, 0.15) is 33.2 Å². The van der Waals surface area contributed by atoms with Crippen molar-refractivity contribution in [2.24, 2.45) is 0 Å². The van der Waals surface area contributed by atoms with E-state index in [9.17, 15) is 14.2 Å². The van der Waals surface area contributed by atoms with Crippen molar-refractivity contribution in [3.63, 3.8) is 0 Å². The summed E-state index contributed by atoms with van der Waals surface area (Å²) in [6.07, 6.45) is 1.79. The normalized spacial score (nSPS) is 13.6. The van der Waals surface area contributed by atoms with Crippen LogP contribution >= 0.6 is 7.60 Å². The predicted molar refractivity (Wildman–Crippen MR) is 90.1 cm³/mol. The molecule has 0 bridgehead atoms. The van der Waals surface area contributed by atoms with Crippen molar-refractivity contribution in [3.8, 4) is 0 Å². The summed E-state index contributed by atoms with van der Waals surface area (Å²) in [4.78, 5) is 27.4. The molecule has 1 aromatic heterocycles. The summed E-state index contributed by atoms with van der Waals surface area (Å²) in [7, 11) is -2.62. The smallest absolute Gasteiger partial charge is 0.742 e. The fourth-order valence-corrected chi connectivity index (χ4v) is 4.94. The van der Waals surface area contributed by atoms with Gasteiger partial charge >= 0.3 is 32.4 Å². The Balaban J connectivity index is 0.00000576. The fraction of sp³-hybridized carbons (Fsp3) is 0.643. The quantitative estimate of drug-likeness (QED) is 0.174. The number of methoxy groups -OCH3 is 1. The van der Waals surface area contributed by atoms with Gasteiger partial charge in [-0.3, -0.25) is 14.2 Å². The van der Waals surface area contributed by atoms with Gasteiger partial charge in [0.05, 0.1) is 26.4 Å². The van der Waals surface area contributed by atoms with Crippen molar-refractivity contribution >= 4 is 26.2 Å². The number of aromatic nitrogens is 2. The predicted octanol–water partition coefficient (Wildman–Crippen LogP) is -1.09. The van der Waals surface area contributed by atoms with Crippen LogP contribution < -0.4 is 24.4 Å². The molecule has 11 heteroatoms. The molecule has 0 aromatic carbocycles. The van der Waals surface area contributed by atoms with Crippen molar-refractivity contribution in [2.75, 3.05) is 20.3 Å². The van der Waals surface area contributed by atoms with Crippen LogP contribution in [-0.4, -0.2) is 41.5 Å². The fourth-order valence-electron chi connectivity index (χ4n) is 2.40. The van der Waals surface area contributed by atoms with Crippen molar-refractivity contribution in [2.45, 2.75) is 44.0 Å². The topological polar surface area (TPSA) is 96.7 Å². The summed E-state index contributed by atoms with van der Waals surface area (Å²) >= 11 is 5.10. The molecule has 0 radical (unpaired) electrons. The molecule has 0 saturated heterocycles. The zero-order valence-electron chi connectivity index (χ0n) is 15.1. The van der Waals surface area contributed by atoms with Crippen LogP contribution in [0.3, 0.4) is 0 Å². The van der Waals surface area contributed by atoms with E-state index in [0.717, 1.165) is 0 Å². The van der Waals surface area contributed by atoms with E-state index in [1.807, 2.05) is 0 Å². The molecule has 2 atom stereocenters. The molecule has 1 aromatic rings. The molecule has 1 rings (SSSR count). The van der Waals surface area contributed by atoms with Gasteiger partial charge in [-0.15, -0.1) is 0 Å². The van der Waals surface area contributed by atoms with Crippen LogP contribution in [0.15, 0.2) is 22.2 Å². The Morgan fingerprint density at radius 3 is 2.28 bits per heavy atom. The summed E-state index contributed by atoms with van der Waals surface area (Å²) in [5.41, 5.74) is -1.71. The zero-order chi connectivity index (χ0) is 18.3. The van der Waals surface area contributed by atoms with E-state index in [4.69, 9.17) is 26.4 Å². The van der Waals surface area contributed by atoms with E-state index in [1.165, 1.54) is 23.9 Å². The molecule has 0 aliphatic carbocycles. The second kappa shape index (κ2) is 11.1. The average molecular weight is 384 g/mol. The third-order valence-corrected chi connectivity index (χ3v) is 6.12. The number of esters is 1. The van der Waals surface area contributed by atoms with Crippen LogP contribution in [0.25, 0.3) is 0 Å². The molecule has 1 heterocycles. The largest absolute Gasteiger partial charge is 1.00 e. The minimum atomic E-state index is -3.82. The monoisotopic (exact) mass is 384 g/mol. The van der Waals surface area contributed by atoms with Crippen molar-refractivity contribution in [1.82, 2.24) is 9.55 Å². The molecule has 0 aliphatic rings. The maximum atomic E-state index is 13.2. The van der Waals surface area contributed by atoms with E-state index in [-0.39, 0.29) is 37.2 Å². The van der Waals surface area contributed by atoms with Crippen molar-refractivity contribution < 1.29 is 42.0 Å². The first kappa shape index (κ1) is 24.3. The van der Waals surface area contributed by atoms with Crippen LogP contribution in [0.5, 0.6) is 0 Å². The van der Waals surface area contributed by atoms with Gasteiger partial charge in [0, 0.05) is 12.3 Å². The Morgan fingerprint density at radius 2 is 1.88 bits per heavy atom. The molecule has 0 saturated carbocycles. The van der Waals surface area contributed by atoms with E-state index in [0.29, 0.717) is 6.42 Å². The number of hydrogen-bond acceptors (Lipinski definition) is 8. The van der Waals surface area contributed by atoms with Crippen molar-refractivity contribution in [1.29, 1.82) is 0 Å². The number of rotatable bonds is 9. The molecule has 0 amide bonds. The van der Waals surface area contributed by atoms with Gasteiger partial charge in [-0.2, -0.15) is 0 Å². The molecular formula is C14H22LiN2O6PS. The van der Waals surface area contributed by atoms with Gasteiger partial charge in [-0.1, -0.05) is 6.92 Å². The maximum Gasteiger partial charge on any atom is 1.00 e. The molecule has 0 fully saturated rings. The van der Waals surface area contributed by atoms with E-state index < -0.39 is 30.8 Å². The number of carbonyl (C=O) groups is 1. The first-order chi connectivity index (χ1) is 11.3. The molecule has 0 N–H and O–H groups in total. The number of hydrogen-bond donors (Lipinski definition) is 0. The van der Waals surface area contributed by atoms with Gasteiger partial charge in [0.1, 0.15) is 0 Å². The molecule has 136 valence electrons. The third kappa shape index (κ3) is 5.92. The van der Waals surface area contributed by atoms with Crippen LogP contribution in [0.4, 0.5) is 0 Å². The second-order valence-electron chi connectivity index (χ2n) is 4.77. The average Bonchev–Trinajstić information content (AvgIpc) is 2.53. The number of nitrogens with zero attached hydrogens (tertiary/aromatic N) is 2. The summed E-state index contributed by atoms with van der Waals surface area (Å²) in [6.45, 7) is 5.30. The Kier molecular flexibility index (Phi) is 10.8. The minimum absolute atomic E-state index is 0. The number of carbonyl (C=O) groups excluding carboxylic acids is 1. The van der Waals surface area contributed by atoms with Gasteiger partial charge in [0.15, 0.2) is 5.66 Å². The molecular weight excluding hydrogens is 362 g/mol. The molecule has 2 unspecified atom stereocenters. The number of ether oxygens (including phenoxy) is 1.